The van der Waals surface area contributed by atoms with E-state index in [1.807, 2.05) is 36.4 Å². The van der Waals surface area contributed by atoms with Crippen molar-refractivity contribution in [3.05, 3.63) is 84.0 Å². The summed E-state index contributed by atoms with van der Waals surface area (Å²) in [7, 11) is 3.08. The first kappa shape index (κ1) is 20.1. The Morgan fingerprint density at radius 2 is 1.71 bits per heavy atom. The second kappa shape index (κ2) is 9.08. The number of amides is 1. The monoisotopic (exact) mass is 416 g/mol. The first-order valence-corrected chi connectivity index (χ1v) is 9.51. The number of rotatable bonds is 7. The number of carbonyl (C=O) groups is 1. The lowest BCUT2D eigenvalue weighted by Crippen LogP contribution is -2.13. The molecule has 0 unspecified atom stereocenters. The fourth-order valence-electron chi connectivity index (χ4n) is 3.04. The van der Waals surface area contributed by atoms with Crippen LogP contribution in [0.5, 0.6) is 11.5 Å². The molecule has 1 amide bonds. The van der Waals surface area contributed by atoms with Gasteiger partial charge >= 0.3 is 0 Å². The number of anilines is 1. The van der Waals surface area contributed by atoms with Crippen molar-refractivity contribution in [2.45, 2.75) is 6.42 Å². The van der Waals surface area contributed by atoms with Gasteiger partial charge in [-0.25, -0.2) is 0 Å². The van der Waals surface area contributed by atoms with Crippen molar-refractivity contribution in [3.8, 4) is 22.9 Å². The van der Waals surface area contributed by atoms with Gasteiger partial charge in [-0.2, -0.15) is 4.98 Å². The molecule has 0 fully saturated rings. The van der Waals surface area contributed by atoms with E-state index < -0.39 is 0 Å². The summed E-state index contributed by atoms with van der Waals surface area (Å²) in [4.78, 5) is 21.3. The maximum Gasteiger partial charge on any atom is 0.255 e. The summed E-state index contributed by atoms with van der Waals surface area (Å²) in [5.41, 5.74) is 2.73. The largest absolute Gasteiger partial charge is 0.497 e. The van der Waals surface area contributed by atoms with E-state index in [1.54, 1.807) is 30.6 Å². The number of nitrogens with zero attached hydrogens (tertiary/aromatic N) is 3. The molecule has 2 aromatic carbocycles. The summed E-state index contributed by atoms with van der Waals surface area (Å²) in [5.74, 6) is 1.71. The molecule has 2 heterocycles. The topological polar surface area (TPSA) is 99.4 Å². The van der Waals surface area contributed by atoms with E-state index in [9.17, 15) is 4.79 Å². The van der Waals surface area contributed by atoms with Gasteiger partial charge in [-0.15, -0.1) is 0 Å². The van der Waals surface area contributed by atoms with E-state index in [-0.39, 0.29) is 5.91 Å². The van der Waals surface area contributed by atoms with Crippen molar-refractivity contribution in [3.63, 3.8) is 0 Å². The highest BCUT2D eigenvalue weighted by molar-refractivity contribution is 6.05. The van der Waals surface area contributed by atoms with Gasteiger partial charge in [0.1, 0.15) is 11.5 Å². The highest BCUT2D eigenvalue weighted by Crippen LogP contribution is 2.25. The Bertz CT molecular complexity index is 1170. The quantitative estimate of drug-likeness (QED) is 0.486. The van der Waals surface area contributed by atoms with Gasteiger partial charge in [0.2, 0.25) is 11.7 Å². The van der Waals surface area contributed by atoms with Crippen LogP contribution in [-0.4, -0.2) is 35.3 Å². The van der Waals surface area contributed by atoms with Gasteiger partial charge in [-0.05, 0) is 35.9 Å². The van der Waals surface area contributed by atoms with E-state index in [2.05, 4.69) is 20.4 Å². The molecular weight excluding hydrogens is 396 g/mol. The lowest BCUT2D eigenvalue weighted by atomic mass is 10.1. The highest BCUT2D eigenvalue weighted by atomic mass is 16.5. The van der Waals surface area contributed by atoms with Crippen LogP contribution in [0.25, 0.3) is 11.4 Å². The Balaban J connectivity index is 1.54. The number of para-hydroxylation sites is 1. The van der Waals surface area contributed by atoms with Gasteiger partial charge in [0.25, 0.3) is 5.91 Å². The first-order valence-electron chi connectivity index (χ1n) is 9.51. The minimum Gasteiger partial charge on any atom is -0.497 e. The molecule has 2 aromatic heterocycles. The van der Waals surface area contributed by atoms with E-state index in [0.29, 0.717) is 40.9 Å². The van der Waals surface area contributed by atoms with Gasteiger partial charge in [-0.3, -0.25) is 9.78 Å². The Kier molecular flexibility index (Phi) is 5.89. The Hall–Kier alpha value is -4.20. The Labute approximate surface area is 178 Å². The number of nitrogens with one attached hydrogen (secondary N) is 1. The SMILES string of the molecule is COc1cc(OC)cc(C(=O)Nc2ccccc2Cc2nc(-c3ccncc3)no2)c1. The van der Waals surface area contributed by atoms with Crippen molar-refractivity contribution in [2.24, 2.45) is 0 Å². The van der Waals surface area contributed by atoms with E-state index in [4.69, 9.17) is 14.0 Å². The minimum absolute atomic E-state index is 0.285. The Morgan fingerprint density at radius 3 is 2.42 bits per heavy atom. The molecule has 0 aliphatic heterocycles. The van der Waals surface area contributed by atoms with Gasteiger partial charge < -0.3 is 19.3 Å². The maximum absolute atomic E-state index is 12.9. The molecule has 0 atom stereocenters. The maximum atomic E-state index is 12.9. The number of benzene rings is 2. The molecule has 31 heavy (non-hydrogen) atoms. The fourth-order valence-corrected chi connectivity index (χ4v) is 3.04. The number of aromatic nitrogens is 3. The molecule has 0 spiro atoms. The van der Waals surface area contributed by atoms with Crippen LogP contribution in [0.4, 0.5) is 5.69 Å². The molecule has 4 rings (SSSR count). The Morgan fingerprint density at radius 1 is 1.00 bits per heavy atom. The summed E-state index contributed by atoms with van der Waals surface area (Å²) in [5, 5.41) is 6.97. The third-order valence-electron chi connectivity index (χ3n) is 4.63. The zero-order chi connectivity index (χ0) is 21.6. The third kappa shape index (κ3) is 4.69. The lowest BCUT2D eigenvalue weighted by molar-refractivity contribution is 0.102. The number of ether oxygens (including phenoxy) is 2. The predicted octanol–water partition coefficient (Wildman–Crippen LogP) is 3.99. The van der Waals surface area contributed by atoms with Gasteiger partial charge in [0.15, 0.2) is 0 Å². The molecule has 0 radical (unpaired) electrons. The summed E-state index contributed by atoms with van der Waals surface area (Å²) in [6.07, 6.45) is 3.71. The average Bonchev–Trinajstić information content (AvgIpc) is 3.29. The zero-order valence-corrected chi connectivity index (χ0v) is 17.0. The van der Waals surface area contributed by atoms with E-state index in [1.165, 1.54) is 14.2 Å². The standard InChI is InChI=1S/C23H20N4O4/c1-29-18-11-17(12-19(14-18)30-2)23(28)25-20-6-4-3-5-16(20)13-21-26-22(27-31-21)15-7-9-24-10-8-15/h3-12,14H,13H2,1-2H3,(H,25,28). The number of carbonyl (C=O) groups excluding carboxylic acids is 1. The summed E-state index contributed by atoms with van der Waals surface area (Å²) < 4.78 is 15.9. The van der Waals surface area contributed by atoms with Crippen molar-refractivity contribution in [1.82, 2.24) is 15.1 Å². The average molecular weight is 416 g/mol. The van der Waals surface area contributed by atoms with E-state index in [0.717, 1.165) is 11.1 Å². The first-order chi connectivity index (χ1) is 15.2. The normalized spacial score (nSPS) is 10.5. The van der Waals surface area contributed by atoms with Gasteiger partial charge in [0, 0.05) is 35.3 Å². The van der Waals surface area contributed by atoms with Crippen LogP contribution in [0.15, 0.2) is 71.5 Å². The number of methoxy groups -OCH3 is 2. The lowest BCUT2D eigenvalue weighted by Gasteiger charge is -2.11. The van der Waals surface area contributed by atoms with Crippen molar-refractivity contribution >= 4 is 11.6 Å². The molecule has 0 bridgehead atoms. The summed E-state index contributed by atoms with van der Waals surface area (Å²) in [6.45, 7) is 0. The summed E-state index contributed by atoms with van der Waals surface area (Å²) in [6, 6.07) is 16.1. The molecule has 0 saturated carbocycles. The zero-order valence-electron chi connectivity index (χ0n) is 17.0. The second-order valence-corrected chi connectivity index (χ2v) is 6.64. The molecule has 0 saturated heterocycles. The van der Waals surface area contributed by atoms with Crippen LogP contribution in [0, 0.1) is 0 Å². The van der Waals surface area contributed by atoms with Crippen LogP contribution < -0.4 is 14.8 Å². The number of hydrogen-bond acceptors (Lipinski definition) is 7. The van der Waals surface area contributed by atoms with Crippen LogP contribution in [0.3, 0.4) is 0 Å². The summed E-state index contributed by atoms with van der Waals surface area (Å²) >= 11 is 0. The highest BCUT2D eigenvalue weighted by Gasteiger charge is 2.15. The van der Waals surface area contributed by atoms with Crippen LogP contribution in [0.2, 0.25) is 0 Å². The molecular formula is C23H20N4O4. The van der Waals surface area contributed by atoms with Crippen LogP contribution in [-0.2, 0) is 6.42 Å². The molecule has 0 aliphatic rings. The molecule has 1 N–H and O–H groups in total. The van der Waals surface area contributed by atoms with Crippen LogP contribution in [0.1, 0.15) is 21.8 Å². The van der Waals surface area contributed by atoms with Crippen molar-refractivity contribution < 1.29 is 18.8 Å². The minimum atomic E-state index is -0.285. The molecule has 4 aromatic rings. The number of pyridine rings is 1. The van der Waals surface area contributed by atoms with Crippen molar-refractivity contribution in [2.75, 3.05) is 19.5 Å². The smallest absolute Gasteiger partial charge is 0.255 e. The molecule has 8 heteroatoms. The van der Waals surface area contributed by atoms with Crippen LogP contribution >= 0.6 is 0 Å². The van der Waals surface area contributed by atoms with Gasteiger partial charge in [0.05, 0.1) is 20.6 Å². The number of hydrogen-bond donors (Lipinski definition) is 1. The fraction of sp³-hybridized carbons (Fsp3) is 0.130. The molecule has 156 valence electrons. The van der Waals surface area contributed by atoms with Crippen molar-refractivity contribution in [1.29, 1.82) is 0 Å². The molecule has 0 aliphatic carbocycles. The third-order valence-corrected chi connectivity index (χ3v) is 4.63. The molecule has 8 nitrogen and oxygen atoms in total. The van der Waals surface area contributed by atoms with E-state index >= 15 is 0 Å². The van der Waals surface area contributed by atoms with Gasteiger partial charge in [-0.1, -0.05) is 23.4 Å². The predicted molar refractivity (Wildman–Crippen MR) is 114 cm³/mol. The second-order valence-electron chi connectivity index (χ2n) is 6.64.